The summed E-state index contributed by atoms with van der Waals surface area (Å²) in [5, 5.41) is 11.6. The number of rotatable bonds is 7. The molecule has 1 rings (SSSR count). The first kappa shape index (κ1) is 19.1. The summed E-state index contributed by atoms with van der Waals surface area (Å²) in [5.41, 5.74) is 0.561. The van der Waals surface area contributed by atoms with E-state index in [1.54, 1.807) is 0 Å². The highest BCUT2D eigenvalue weighted by molar-refractivity contribution is 9.10. The van der Waals surface area contributed by atoms with E-state index in [0.29, 0.717) is 5.56 Å². The molecule has 1 unspecified atom stereocenters. The first-order valence-corrected chi connectivity index (χ1v) is 7.72. The minimum atomic E-state index is -1.14. The maximum absolute atomic E-state index is 13.2. The highest BCUT2D eigenvalue weighted by atomic mass is 79.9. The van der Waals surface area contributed by atoms with Gasteiger partial charge in [0, 0.05) is 20.0 Å². The van der Waals surface area contributed by atoms with Gasteiger partial charge in [-0.2, -0.15) is 0 Å². The standard InChI is InChI=1S/C15H18BrFN2O4/c1-9(15(22)23)19(6-5-18-10(2)20)14(21)8-11-3-4-13(17)12(16)7-11/h3-4,7,9H,5-6,8H2,1-2H3,(H,18,20)(H,22,23). The second-order valence-electron chi connectivity index (χ2n) is 5.01. The van der Waals surface area contributed by atoms with Gasteiger partial charge in [-0.05, 0) is 40.5 Å². The average molecular weight is 389 g/mol. The third-order valence-corrected chi connectivity index (χ3v) is 3.82. The van der Waals surface area contributed by atoms with Gasteiger partial charge in [-0.15, -0.1) is 0 Å². The van der Waals surface area contributed by atoms with Crippen molar-refractivity contribution < 1.29 is 23.9 Å². The van der Waals surface area contributed by atoms with Crippen LogP contribution in [0.1, 0.15) is 19.4 Å². The van der Waals surface area contributed by atoms with Gasteiger partial charge in [0.2, 0.25) is 11.8 Å². The van der Waals surface area contributed by atoms with Crippen molar-refractivity contribution in [2.75, 3.05) is 13.1 Å². The molecule has 0 spiro atoms. The third-order valence-electron chi connectivity index (χ3n) is 3.21. The topological polar surface area (TPSA) is 86.7 Å². The van der Waals surface area contributed by atoms with Gasteiger partial charge < -0.3 is 15.3 Å². The molecule has 0 heterocycles. The number of aliphatic carboxylic acids is 1. The van der Waals surface area contributed by atoms with Gasteiger partial charge in [0.1, 0.15) is 11.9 Å². The van der Waals surface area contributed by atoms with Crippen LogP contribution < -0.4 is 5.32 Å². The Kier molecular flexibility index (Phi) is 7.15. The molecular weight excluding hydrogens is 371 g/mol. The maximum atomic E-state index is 13.2. The zero-order valence-electron chi connectivity index (χ0n) is 12.8. The van der Waals surface area contributed by atoms with E-state index in [0.717, 1.165) is 0 Å². The van der Waals surface area contributed by atoms with Crippen LogP contribution in [-0.4, -0.2) is 46.9 Å². The smallest absolute Gasteiger partial charge is 0.326 e. The van der Waals surface area contributed by atoms with Gasteiger partial charge >= 0.3 is 5.97 Å². The van der Waals surface area contributed by atoms with E-state index < -0.39 is 23.7 Å². The first-order valence-electron chi connectivity index (χ1n) is 6.93. The number of hydrogen-bond donors (Lipinski definition) is 2. The van der Waals surface area contributed by atoms with Gasteiger partial charge in [-0.3, -0.25) is 9.59 Å². The molecule has 0 saturated heterocycles. The third kappa shape index (κ3) is 5.97. The van der Waals surface area contributed by atoms with Crippen LogP contribution in [0.4, 0.5) is 4.39 Å². The Hall–Kier alpha value is -1.96. The first-order chi connectivity index (χ1) is 10.7. The summed E-state index contributed by atoms with van der Waals surface area (Å²) in [7, 11) is 0. The largest absolute Gasteiger partial charge is 0.480 e. The molecule has 1 atom stereocenters. The molecule has 23 heavy (non-hydrogen) atoms. The lowest BCUT2D eigenvalue weighted by Crippen LogP contribution is -2.47. The minimum absolute atomic E-state index is 0.0590. The van der Waals surface area contributed by atoms with Crippen molar-refractivity contribution in [2.45, 2.75) is 26.3 Å². The van der Waals surface area contributed by atoms with Crippen LogP contribution in [0.25, 0.3) is 0 Å². The monoisotopic (exact) mass is 388 g/mol. The number of hydrogen-bond acceptors (Lipinski definition) is 3. The zero-order chi connectivity index (χ0) is 17.6. The van der Waals surface area contributed by atoms with Gasteiger partial charge in [-0.1, -0.05) is 6.07 Å². The lowest BCUT2D eigenvalue weighted by atomic mass is 10.1. The molecule has 0 saturated carbocycles. The van der Waals surface area contributed by atoms with E-state index in [2.05, 4.69) is 21.2 Å². The summed E-state index contributed by atoms with van der Waals surface area (Å²) in [6.07, 6.45) is -0.0590. The predicted molar refractivity (Wildman–Crippen MR) is 85.3 cm³/mol. The number of amides is 2. The fourth-order valence-corrected chi connectivity index (χ4v) is 2.37. The lowest BCUT2D eigenvalue weighted by molar-refractivity contribution is -0.149. The van der Waals surface area contributed by atoms with E-state index in [1.165, 1.54) is 36.9 Å². The highest BCUT2D eigenvalue weighted by Crippen LogP contribution is 2.18. The van der Waals surface area contributed by atoms with Crippen molar-refractivity contribution in [3.05, 3.63) is 34.1 Å². The summed E-state index contributed by atoms with van der Waals surface area (Å²) in [5.74, 6) is -2.25. The molecule has 0 aliphatic heterocycles. The lowest BCUT2D eigenvalue weighted by Gasteiger charge is -2.26. The highest BCUT2D eigenvalue weighted by Gasteiger charge is 2.25. The summed E-state index contributed by atoms with van der Waals surface area (Å²) < 4.78 is 13.4. The van der Waals surface area contributed by atoms with E-state index in [-0.39, 0.29) is 29.9 Å². The van der Waals surface area contributed by atoms with Crippen molar-refractivity contribution in [2.24, 2.45) is 0 Å². The summed E-state index contributed by atoms with van der Waals surface area (Å²) in [6.45, 7) is 2.97. The van der Waals surface area contributed by atoms with Crippen molar-refractivity contribution in [3.63, 3.8) is 0 Å². The summed E-state index contributed by atoms with van der Waals surface area (Å²) in [4.78, 5) is 35.6. The van der Waals surface area contributed by atoms with Crippen LogP contribution in [0.3, 0.4) is 0 Å². The number of halogens is 2. The zero-order valence-corrected chi connectivity index (χ0v) is 14.4. The number of nitrogens with zero attached hydrogens (tertiary/aromatic N) is 1. The summed E-state index contributed by atoms with van der Waals surface area (Å²) >= 11 is 3.04. The quantitative estimate of drug-likeness (QED) is 0.741. The average Bonchev–Trinajstić information content (AvgIpc) is 2.46. The number of nitrogens with one attached hydrogen (secondary N) is 1. The number of carboxylic acid groups (broad SMARTS) is 1. The maximum Gasteiger partial charge on any atom is 0.326 e. The molecule has 0 radical (unpaired) electrons. The molecule has 0 aliphatic carbocycles. The van der Waals surface area contributed by atoms with Crippen molar-refractivity contribution >= 4 is 33.7 Å². The van der Waals surface area contributed by atoms with Crippen molar-refractivity contribution in [1.82, 2.24) is 10.2 Å². The van der Waals surface area contributed by atoms with Gasteiger partial charge in [0.15, 0.2) is 0 Å². The van der Waals surface area contributed by atoms with Gasteiger partial charge in [0.25, 0.3) is 0 Å². The van der Waals surface area contributed by atoms with E-state index in [4.69, 9.17) is 5.11 Å². The molecule has 0 aromatic heterocycles. The summed E-state index contributed by atoms with van der Waals surface area (Å²) in [6, 6.07) is 3.15. The molecule has 1 aromatic rings. The number of carboxylic acids is 1. The predicted octanol–water partition coefficient (Wildman–Crippen LogP) is 1.57. The molecular formula is C15H18BrFN2O4. The van der Waals surface area contributed by atoms with E-state index in [9.17, 15) is 18.8 Å². The SMILES string of the molecule is CC(=O)NCCN(C(=O)Cc1ccc(F)c(Br)c1)C(C)C(=O)O. The second kappa shape index (κ2) is 8.61. The molecule has 0 bridgehead atoms. The number of carbonyl (C=O) groups excluding carboxylic acids is 2. The van der Waals surface area contributed by atoms with Crippen LogP contribution in [0.2, 0.25) is 0 Å². The normalized spacial score (nSPS) is 11.7. The fraction of sp³-hybridized carbons (Fsp3) is 0.400. The second-order valence-corrected chi connectivity index (χ2v) is 5.86. The van der Waals surface area contributed by atoms with E-state index in [1.807, 2.05) is 0 Å². The molecule has 1 aromatic carbocycles. The fourth-order valence-electron chi connectivity index (χ4n) is 1.95. The van der Waals surface area contributed by atoms with Gasteiger partial charge in [0.05, 0.1) is 10.9 Å². The van der Waals surface area contributed by atoms with E-state index >= 15 is 0 Å². The Morgan fingerprint density at radius 3 is 2.57 bits per heavy atom. The Morgan fingerprint density at radius 1 is 1.39 bits per heavy atom. The number of benzene rings is 1. The minimum Gasteiger partial charge on any atom is -0.480 e. The molecule has 2 amide bonds. The van der Waals surface area contributed by atoms with Gasteiger partial charge in [-0.25, -0.2) is 9.18 Å². The molecule has 0 fully saturated rings. The van der Waals surface area contributed by atoms with Crippen LogP contribution >= 0.6 is 15.9 Å². The van der Waals surface area contributed by atoms with Crippen molar-refractivity contribution in [1.29, 1.82) is 0 Å². The van der Waals surface area contributed by atoms with Crippen LogP contribution in [0, 0.1) is 5.82 Å². The molecule has 8 heteroatoms. The Balaban J connectivity index is 2.82. The van der Waals surface area contributed by atoms with Crippen LogP contribution in [0.5, 0.6) is 0 Å². The number of carbonyl (C=O) groups is 3. The Morgan fingerprint density at radius 2 is 2.04 bits per heavy atom. The molecule has 2 N–H and O–H groups in total. The van der Waals surface area contributed by atoms with Crippen molar-refractivity contribution in [3.8, 4) is 0 Å². The molecule has 126 valence electrons. The Labute approximate surface area is 141 Å². The Bertz CT molecular complexity index is 609. The molecule has 6 nitrogen and oxygen atoms in total. The van der Waals surface area contributed by atoms with Crippen LogP contribution in [-0.2, 0) is 20.8 Å². The molecule has 0 aliphatic rings. The van der Waals surface area contributed by atoms with Crippen LogP contribution in [0.15, 0.2) is 22.7 Å².